The Bertz CT molecular complexity index is 654. The second-order valence-corrected chi connectivity index (χ2v) is 6.26. The second-order valence-electron chi connectivity index (χ2n) is 5.35. The Balaban J connectivity index is 2.00. The molecule has 0 saturated heterocycles. The quantitative estimate of drug-likeness (QED) is 0.571. The molecular weight excluding hydrogens is 385 g/mol. The van der Waals surface area contributed by atoms with E-state index in [0.29, 0.717) is 18.8 Å². The zero-order valence-corrected chi connectivity index (χ0v) is 14.8. The topological polar surface area (TPSA) is 18.5 Å². The Hall–Kier alpha value is -1.69. The van der Waals surface area contributed by atoms with Gasteiger partial charge < -0.3 is 9.47 Å². The number of halogens is 4. The molecule has 0 bridgehead atoms. The summed E-state index contributed by atoms with van der Waals surface area (Å²) in [6, 6.07) is 12.7. The van der Waals surface area contributed by atoms with Crippen LogP contribution in [-0.2, 0) is 13.0 Å². The highest BCUT2D eigenvalue weighted by molar-refractivity contribution is 9.10. The van der Waals surface area contributed by atoms with Crippen LogP contribution in [-0.4, -0.2) is 13.3 Å². The maximum Gasteiger partial charge on any atom is 0.389 e. The van der Waals surface area contributed by atoms with E-state index < -0.39 is 12.6 Å². The van der Waals surface area contributed by atoms with Crippen molar-refractivity contribution in [2.45, 2.75) is 32.0 Å². The second kappa shape index (κ2) is 8.42. The Morgan fingerprint density at radius 1 is 0.958 bits per heavy atom. The maximum absolute atomic E-state index is 12.3. The predicted molar refractivity (Wildman–Crippen MR) is 90.5 cm³/mol. The van der Waals surface area contributed by atoms with E-state index in [9.17, 15) is 13.2 Å². The van der Waals surface area contributed by atoms with Crippen molar-refractivity contribution in [2.24, 2.45) is 0 Å². The molecule has 0 fully saturated rings. The SMILES string of the molecule is COc1ccc(OCc2cc(Br)ccc2CCCC(F)(F)F)cc1. The average Bonchev–Trinajstić information content (AvgIpc) is 2.54. The number of rotatable bonds is 7. The van der Waals surface area contributed by atoms with Crippen LogP contribution < -0.4 is 9.47 Å². The van der Waals surface area contributed by atoms with Crippen LogP contribution in [0.2, 0.25) is 0 Å². The summed E-state index contributed by atoms with van der Waals surface area (Å²) < 4.78 is 48.6. The van der Waals surface area contributed by atoms with Gasteiger partial charge >= 0.3 is 6.18 Å². The zero-order valence-electron chi connectivity index (χ0n) is 13.2. The van der Waals surface area contributed by atoms with Crippen LogP contribution in [0.15, 0.2) is 46.9 Å². The Labute approximate surface area is 147 Å². The van der Waals surface area contributed by atoms with Crippen LogP contribution in [0.5, 0.6) is 11.5 Å². The van der Waals surface area contributed by atoms with Crippen LogP contribution in [0.4, 0.5) is 13.2 Å². The summed E-state index contributed by atoms with van der Waals surface area (Å²) in [5.74, 6) is 1.41. The zero-order chi connectivity index (χ0) is 17.6. The highest BCUT2D eigenvalue weighted by Crippen LogP contribution is 2.25. The van der Waals surface area contributed by atoms with Gasteiger partial charge in [0.2, 0.25) is 0 Å². The maximum atomic E-state index is 12.3. The molecule has 0 radical (unpaired) electrons. The summed E-state index contributed by atoms with van der Waals surface area (Å²) in [7, 11) is 1.59. The van der Waals surface area contributed by atoms with Crippen molar-refractivity contribution in [1.29, 1.82) is 0 Å². The molecule has 0 amide bonds. The van der Waals surface area contributed by atoms with E-state index in [1.54, 1.807) is 31.4 Å². The van der Waals surface area contributed by atoms with Crippen molar-refractivity contribution in [3.8, 4) is 11.5 Å². The molecule has 0 heterocycles. The van der Waals surface area contributed by atoms with Gasteiger partial charge in [-0.2, -0.15) is 13.2 Å². The van der Waals surface area contributed by atoms with E-state index in [1.807, 2.05) is 18.2 Å². The van der Waals surface area contributed by atoms with E-state index in [0.717, 1.165) is 21.3 Å². The Morgan fingerprint density at radius 3 is 2.25 bits per heavy atom. The van der Waals surface area contributed by atoms with Crippen molar-refractivity contribution in [2.75, 3.05) is 7.11 Å². The first-order valence-corrected chi connectivity index (χ1v) is 8.27. The summed E-state index contributed by atoms with van der Waals surface area (Å²) in [5.41, 5.74) is 1.75. The van der Waals surface area contributed by atoms with Gasteiger partial charge in [0, 0.05) is 10.9 Å². The van der Waals surface area contributed by atoms with E-state index in [4.69, 9.17) is 9.47 Å². The number of hydrogen-bond donors (Lipinski definition) is 0. The summed E-state index contributed by atoms with van der Waals surface area (Å²) in [4.78, 5) is 0. The fourth-order valence-corrected chi connectivity index (χ4v) is 2.69. The molecule has 2 nitrogen and oxygen atoms in total. The van der Waals surface area contributed by atoms with Gasteiger partial charge in [0.25, 0.3) is 0 Å². The fourth-order valence-electron chi connectivity index (χ4n) is 2.29. The van der Waals surface area contributed by atoms with Crippen LogP contribution in [0.25, 0.3) is 0 Å². The molecule has 0 aliphatic carbocycles. The van der Waals surface area contributed by atoms with E-state index >= 15 is 0 Å². The van der Waals surface area contributed by atoms with Crippen molar-refractivity contribution in [3.05, 3.63) is 58.1 Å². The minimum atomic E-state index is -4.12. The first-order valence-electron chi connectivity index (χ1n) is 7.48. The number of methoxy groups -OCH3 is 1. The molecule has 0 unspecified atom stereocenters. The van der Waals surface area contributed by atoms with Gasteiger partial charge in [-0.05, 0) is 60.4 Å². The lowest BCUT2D eigenvalue weighted by Gasteiger charge is -2.13. The Kier molecular flexibility index (Phi) is 6.54. The van der Waals surface area contributed by atoms with E-state index in [-0.39, 0.29) is 6.42 Å². The number of aryl methyl sites for hydroxylation is 1. The molecule has 0 atom stereocenters. The van der Waals surface area contributed by atoms with Gasteiger partial charge in [-0.3, -0.25) is 0 Å². The van der Waals surface area contributed by atoms with Crippen molar-refractivity contribution >= 4 is 15.9 Å². The molecule has 2 aromatic rings. The molecular formula is C18H18BrF3O2. The highest BCUT2D eigenvalue weighted by Gasteiger charge is 2.26. The van der Waals surface area contributed by atoms with Crippen LogP contribution in [0, 0.1) is 0 Å². The van der Waals surface area contributed by atoms with E-state index in [2.05, 4.69) is 15.9 Å². The van der Waals surface area contributed by atoms with Crippen molar-refractivity contribution < 1.29 is 22.6 Å². The molecule has 6 heteroatoms. The number of ether oxygens (including phenoxy) is 2. The normalized spacial score (nSPS) is 11.4. The van der Waals surface area contributed by atoms with Crippen LogP contribution in [0.3, 0.4) is 0 Å². The summed E-state index contributed by atoms with van der Waals surface area (Å²) in [6.07, 6.45) is -4.45. The molecule has 0 aliphatic rings. The largest absolute Gasteiger partial charge is 0.497 e. The summed E-state index contributed by atoms with van der Waals surface area (Å²) in [6.45, 7) is 0.299. The molecule has 0 aliphatic heterocycles. The summed E-state index contributed by atoms with van der Waals surface area (Å²) >= 11 is 3.39. The smallest absolute Gasteiger partial charge is 0.389 e. The van der Waals surface area contributed by atoms with Gasteiger partial charge in [-0.15, -0.1) is 0 Å². The molecule has 2 aromatic carbocycles. The van der Waals surface area contributed by atoms with Gasteiger partial charge in [-0.1, -0.05) is 22.0 Å². The average molecular weight is 403 g/mol. The third-order valence-electron chi connectivity index (χ3n) is 3.53. The molecule has 130 valence electrons. The molecule has 0 saturated carbocycles. The number of benzene rings is 2. The van der Waals surface area contributed by atoms with Crippen LogP contribution >= 0.6 is 15.9 Å². The van der Waals surface area contributed by atoms with Crippen molar-refractivity contribution in [1.82, 2.24) is 0 Å². The Morgan fingerprint density at radius 2 is 1.62 bits per heavy atom. The molecule has 0 spiro atoms. The molecule has 24 heavy (non-hydrogen) atoms. The first-order chi connectivity index (χ1) is 11.4. The number of hydrogen-bond acceptors (Lipinski definition) is 2. The number of alkyl halides is 3. The monoisotopic (exact) mass is 402 g/mol. The minimum absolute atomic E-state index is 0.0701. The summed E-state index contributed by atoms with van der Waals surface area (Å²) in [5, 5.41) is 0. The van der Waals surface area contributed by atoms with Gasteiger partial charge in [-0.25, -0.2) is 0 Å². The van der Waals surface area contributed by atoms with E-state index in [1.165, 1.54) is 0 Å². The van der Waals surface area contributed by atoms with Gasteiger partial charge in [0.15, 0.2) is 0 Å². The third kappa shape index (κ3) is 6.07. The molecule has 2 rings (SSSR count). The van der Waals surface area contributed by atoms with Gasteiger partial charge in [0.05, 0.1) is 7.11 Å². The lowest BCUT2D eigenvalue weighted by atomic mass is 10.0. The predicted octanol–water partition coefficient (Wildman–Crippen LogP) is 5.92. The highest BCUT2D eigenvalue weighted by atomic mass is 79.9. The first kappa shape index (κ1) is 18.6. The lowest BCUT2D eigenvalue weighted by molar-refractivity contribution is -0.135. The molecule has 0 aromatic heterocycles. The van der Waals surface area contributed by atoms with Crippen molar-refractivity contribution in [3.63, 3.8) is 0 Å². The fraction of sp³-hybridized carbons (Fsp3) is 0.333. The molecule has 0 N–H and O–H groups in total. The van der Waals surface area contributed by atoms with Gasteiger partial charge in [0.1, 0.15) is 18.1 Å². The third-order valence-corrected chi connectivity index (χ3v) is 4.02. The standard InChI is InChI=1S/C18H18BrF3O2/c1-23-16-6-8-17(9-7-16)24-12-14-11-15(19)5-4-13(14)3-2-10-18(20,21)22/h4-9,11H,2-3,10,12H2,1H3. The lowest BCUT2D eigenvalue weighted by Crippen LogP contribution is -2.08. The van der Waals surface area contributed by atoms with Crippen LogP contribution in [0.1, 0.15) is 24.0 Å². The minimum Gasteiger partial charge on any atom is -0.497 e.